The van der Waals surface area contributed by atoms with Gasteiger partial charge in [-0.25, -0.2) is 4.68 Å². The molecule has 0 saturated heterocycles. The molecule has 0 bridgehead atoms. The third-order valence-corrected chi connectivity index (χ3v) is 4.61. The van der Waals surface area contributed by atoms with Crippen molar-refractivity contribution in [3.8, 4) is 0 Å². The van der Waals surface area contributed by atoms with Gasteiger partial charge in [-0.05, 0) is 18.4 Å². The highest BCUT2D eigenvalue weighted by atomic mass is 35.5. The summed E-state index contributed by atoms with van der Waals surface area (Å²) in [7, 11) is 0. The highest BCUT2D eigenvalue weighted by Crippen LogP contribution is 2.42. The van der Waals surface area contributed by atoms with Crippen LogP contribution in [0.2, 0.25) is 5.02 Å². The maximum absolute atomic E-state index is 12.7. The Morgan fingerprint density at radius 3 is 2.95 bits per heavy atom. The van der Waals surface area contributed by atoms with Crippen molar-refractivity contribution < 1.29 is 4.79 Å². The molecule has 1 aromatic carbocycles. The number of aromatic nitrogens is 3. The summed E-state index contributed by atoms with van der Waals surface area (Å²) in [6.45, 7) is 2.09. The minimum absolute atomic E-state index is 0.160. The fraction of sp³-hybridized carbons (Fsp3) is 0.312. The second kappa shape index (κ2) is 4.95. The number of hydrogen-bond acceptors (Lipinski definition) is 4. The van der Waals surface area contributed by atoms with E-state index in [1.807, 2.05) is 24.3 Å². The maximum atomic E-state index is 12.7. The number of allylic oxidation sites excluding steroid dienone is 2. The Bertz CT molecular complexity index is 795. The summed E-state index contributed by atoms with van der Waals surface area (Å²) in [6, 6.07) is 7.29. The molecule has 2 aromatic rings. The van der Waals surface area contributed by atoms with Gasteiger partial charge in [0.25, 0.3) is 0 Å². The van der Waals surface area contributed by atoms with Crippen LogP contribution in [0.4, 0.5) is 5.95 Å². The number of hydrogen-bond donors (Lipinski definition) is 1. The first-order valence-electron chi connectivity index (χ1n) is 7.32. The van der Waals surface area contributed by atoms with Crippen molar-refractivity contribution in [1.82, 2.24) is 14.8 Å². The maximum Gasteiger partial charge on any atom is 0.226 e. The molecule has 0 spiro atoms. The molecule has 0 saturated carbocycles. The highest BCUT2D eigenvalue weighted by molar-refractivity contribution is 6.31. The first-order valence-corrected chi connectivity index (χ1v) is 7.70. The number of nitrogens with one attached hydrogen (secondary N) is 1. The molecule has 1 aliphatic carbocycles. The number of nitrogens with zero attached hydrogens (tertiary/aromatic N) is 3. The van der Waals surface area contributed by atoms with Crippen molar-refractivity contribution in [3.05, 3.63) is 52.4 Å². The predicted octanol–water partition coefficient (Wildman–Crippen LogP) is 3.20. The third-order valence-electron chi connectivity index (χ3n) is 4.27. The first-order chi connectivity index (χ1) is 10.6. The van der Waals surface area contributed by atoms with E-state index in [1.54, 1.807) is 4.68 Å². The average Bonchev–Trinajstić information content (AvgIpc) is 2.93. The molecule has 0 unspecified atom stereocenters. The van der Waals surface area contributed by atoms with Gasteiger partial charge in [-0.2, -0.15) is 10.1 Å². The number of fused-ring (bicyclic) bond motifs is 1. The summed E-state index contributed by atoms with van der Waals surface area (Å²) in [5.41, 5.74) is 2.60. The number of carbonyl (C=O) groups is 1. The van der Waals surface area contributed by atoms with Gasteiger partial charge in [0.1, 0.15) is 12.4 Å². The van der Waals surface area contributed by atoms with Gasteiger partial charge >= 0.3 is 0 Å². The van der Waals surface area contributed by atoms with Gasteiger partial charge in [-0.15, -0.1) is 0 Å². The molecule has 1 aliphatic heterocycles. The lowest BCUT2D eigenvalue weighted by molar-refractivity contribution is -0.117. The molecular formula is C16H15ClN4O. The molecule has 112 valence electrons. The van der Waals surface area contributed by atoms with Crippen LogP contribution in [0, 0.1) is 5.92 Å². The highest BCUT2D eigenvalue weighted by Gasteiger charge is 2.38. The number of Topliss-reactive ketones (excluding diaryl/α,β-unsaturated/α-hetero) is 1. The number of halogens is 1. The normalized spacial score (nSPS) is 23.8. The van der Waals surface area contributed by atoms with E-state index < -0.39 is 0 Å². The minimum Gasteiger partial charge on any atom is -0.328 e. The molecule has 0 amide bonds. The van der Waals surface area contributed by atoms with Gasteiger partial charge in [0.15, 0.2) is 5.78 Å². The van der Waals surface area contributed by atoms with Crippen LogP contribution in [0.25, 0.3) is 0 Å². The van der Waals surface area contributed by atoms with Crippen molar-refractivity contribution in [2.45, 2.75) is 25.8 Å². The van der Waals surface area contributed by atoms with Crippen LogP contribution in [0.1, 0.15) is 31.4 Å². The van der Waals surface area contributed by atoms with Gasteiger partial charge in [0, 0.05) is 28.3 Å². The monoisotopic (exact) mass is 314 g/mol. The molecular weight excluding hydrogens is 300 g/mol. The Morgan fingerprint density at radius 1 is 1.32 bits per heavy atom. The fourth-order valence-corrected chi connectivity index (χ4v) is 3.57. The van der Waals surface area contributed by atoms with E-state index in [0.717, 1.165) is 23.3 Å². The van der Waals surface area contributed by atoms with Crippen LogP contribution >= 0.6 is 11.6 Å². The van der Waals surface area contributed by atoms with Crippen molar-refractivity contribution in [2.24, 2.45) is 5.92 Å². The van der Waals surface area contributed by atoms with Gasteiger partial charge in [-0.1, -0.05) is 36.7 Å². The third kappa shape index (κ3) is 1.96. The number of rotatable bonds is 1. The summed E-state index contributed by atoms with van der Waals surface area (Å²) >= 11 is 6.38. The smallest absolute Gasteiger partial charge is 0.226 e. The predicted molar refractivity (Wildman–Crippen MR) is 83.7 cm³/mol. The lowest BCUT2D eigenvalue weighted by Crippen LogP contribution is -2.33. The molecule has 5 nitrogen and oxygen atoms in total. The van der Waals surface area contributed by atoms with Gasteiger partial charge < -0.3 is 5.32 Å². The second-order valence-electron chi connectivity index (χ2n) is 5.91. The molecule has 1 N–H and O–H groups in total. The van der Waals surface area contributed by atoms with Crippen molar-refractivity contribution in [1.29, 1.82) is 0 Å². The van der Waals surface area contributed by atoms with E-state index in [4.69, 9.17) is 11.6 Å². The van der Waals surface area contributed by atoms with Gasteiger partial charge in [0.05, 0.1) is 0 Å². The topological polar surface area (TPSA) is 59.8 Å². The van der Waals surface area contributed by atoms with Crippen LogP contribution in [0.5, 0.6) is 0 Å². The number of ketones is 1. The molecule has 0 fully saturated rings. The lowest BCUT2D eigenvalue weighted by atomic mass is 9.81. The van der Waals surface area contributed by atoms with E-state index >= 15 is 0 Å². The molecule has 2 atom stereocenters. The molecule has 2 heterocycles. The standard InChI is InChI=1S/C16H15ClN4O/c1-9-6-12-14(13(22)7-9)15(10-4-2-3-5-11(10)17)21-16(20-12)18-8-19-21/h2-5,8-9,15H,6-7H2,1H3,(H,18,19,20)/t9-,15-/m1/s1. The fourth-order valence-electron chi connectivity index (χ4n) is 3.33. The van der Waals surface area contributed by atoms with Crippen molar-refractivity contribution >= 4 is 23.3 Å². The summed E-state index contributed by atoms with van der Waals surface area (Å²) in [5, 5.41) is 8.20. The number of benzene rings is 1. The first kappa shape index (κ1) is 13.5. The Morgan fingerprint density at radius 2 is 2.14 bits per heavy atom. The number of carbonyl (C=O) groups excluding carboxylic acids is 1. The summed E-state index contributed by atoms with van der Waals surface area (Å²) in [5.74, 6) is 1.15. The Kier molecular flexibility index (Phi) is 3.04. The summed E-state index contributed by atoms with van der Waals surface area (Å²) in [4.78, 5) is 16.9. The van der Waals surface area contributed by atoms with E-state index in [1.165, 1.54) is 6.33 Å². The van der Waals surface area contributed by atoms with E-state index in [-0.39, 0.29) is 11.8 Å². The van der Waals surface area contributed by atoms with Crippen LogP contribution in [0.3, 0.4) is 0 Å². The van der Waals surface area contributed by atoms with E-state index in [9.17, 15) is 4.79 Å². The SMILES string of the molecule is C[C@H]1CC(=O)C2=C(C1)Nc1ncnn1[C@@H]2c1ccccc1Cl. The Balaban J connectivity index is 1.94. The van der Waals surface area contributed by atoms with Crippen molar-refractivity contribution in [3.63, 3.8) is 0 Å². The van der Waals surface area contributed by atoms with Crippen LogP contribution < -0.4 is 5.32 Å². The largest absolute Gasteiger partial charge is 0.328 e. The molecule has 0 radical (unpaired) electrons. The van der Waals surface area contributed by atoms with Crippen LogP contribution in [-0.4, -0.2) is 20.5 Å². The number of anilines is 1. The zero-order valence-corrected chi connectivity index (χ0v) is 12.8. The lowest BCUT2D eigenvalue weighted by Gasteiger charge is -2.34. The Hall–Kier alpha value is -2.14. The van der Waals surface area contributed by atoms with Gasteiger partial charge in [-0.3, -0.25) is 4.79 Å². The zero-order chi connectivity index (χ0) is 15.3. The van der Waals surface area contributed by atoms with Gasteiger partial charge in [0.2, 0.25) is 5.95 Å². The average molecular weight is 315 g/mol. The quantitative estimate of drug-likeness (QED) is 0.878. The summed E-state index contributed by atoms with van der Waals surface area (Å²) in [6.07, 6.45) is 2.90. The van der Waals surface area contributed by atoms with E-state index in [2.05, 4.69) is 22.3 Å². The van der Waals surface area contributed by atoms with Crippen LogP contribution in [-0.2, 0) is 4.79 Å². The summed E-state index contributed by atoms with van der Waals surface area (Å²) < 4.78 is 1.74. The zero-order valence-electron chi connectivity index (χ0n) is 12.1. The van der Waals surface area contributed by atoms with Crippen molar-refractivity contribution in [2.75, 3.05) is 5.32 Å². The molecule has 22 heavy (non-hydrogen) atoms. The molecule has 4 rings (SSSR count). The molecule has 2 aliphatic rings. The minimum atomic E-state index is -0.303. The Labute approximate surface area is 133 Å². The van der Waals surface area contributed by atoms with Crippen LogP contribution in [0.15, 0.2) is 41.9 Å². The second-order valence-corrected chi connectivity index (χ2v) is 6.31. The molecule has 1 aromatic heterocycles. The van der Waals surface area contributed by atoms with E-state index in [0.29, 0.717) is 23.3 Å². The molecule has 6 heteroatoms.